The minimum Gasteiger partial charge on any atom is -0.491 e. The van der Waals surface area contributed by atoms with Gasteiger partial charge in [0, 0.05) is 21.3 Å². The lowest BCUT2D eigenvalue weighted by Gasteiger charge is -2.31. The molecule has 0 fully saturated rings. The second-order valence-corrected chi connectivity index (χ2v) is 7.50. The summed E-state index contributed by atoms with van der Waals surface area (Å²) in [4.78, 5) is 4.91. The lowest BCUT2D eigenvalue weighted by Crippen LogP contribution is -2.25. The number of nitrogens with one attached hydrogen (secondary N) is 1. The number of anilines is 1. The molecule has 1 aliphatic rings. The molecular weight excluding hydrogens is 418 g/mol. The number of aromatic nitrogens is 2. The zero-order valence-electron chi connectivity index (χ0n) is 15.0. The normalized spacial score (nSPS) is 15.0. The number of aliphatic hydroxyl groups excluding tert-OH is 1. The van der Waals surface area contributed by atoms with E-state index in [0.717, 1.165) is 43.9 Å². The van der Waals surface area contributed by atoms with Crippen LogP contribution in [-0.2, 0) is 0 Å². The van der Waals surface area contributed by atoms with Crippen molar-refractivity contribution >= 4 is 32.7 Å². The van der Waals surface area contributed by atoms with Crippen LogP contribution in [-0.4, -0.2) is 27.9 Å². The Balaban J connectivity index is 1.68. The van der Waals surface area contributed by atoms with Crippen molar-refractivity contribution in [1.82, 2.24) is 9.55 Å². The third-order valence-electron chi connectivity index (χ3n) is 4.94. The molecule has 0 radical (unpaired) electrons. The highest BCUT2D eigenvalue weighted by molar-refractivity contribution is 9.10. The fourth-order valence-electron chi connectivity index (χ4n) is 3.71. The van der Waals surface area contributed by atoms with Gasteiger partial charge in [-0.25, -0.2) is 4.98 Å². The van der Waals surface area contributed by atoms with Crippen molar-refractivity contribution in [3.05, 3.63) is 76.8 Å². The van der Waals surface area contributed by atoms with Gasteiger partial charge >= 0.3 is 0 Å². The SMILES string of the molecule is OCCOc1ccc(C2Nc3ccccc3-c3nc4ccccc4n32)c(Br)c1. The van der Waals surface area contributed by atoms with Crippen LogP contribution in [0.1, 0.15) is 11.7 Å². The number of nitrogens with zero attached hydrogens (tertiary/aromatic N) is 2. The van der Waals surface area contributed by atoms with Gasteiger partial charge in [-0.3, -0.25) is 4.57 Å². The molecule has 0 saturated carbocycles. The highest BCUT2D eigenvalue weighted by Crippen LogP contribution is 2.42. The third-order valence-corrected chi connectivity index (χ3v) is 5.63. The summed E-state index contributed by atoms with van der Waals surface area (Å²) in [5, 5.41) is 12.6. The summed E-state index contributed by atoms with van der Waals surface area (Å²) < 4.78 is 8.72. The van der Waals surface area contributed by atoms with E-state index in [4.69, 9.17) is 14.8 Å². The van der Waals surface area contributed by atoms with E-state index >= 15 is 0 Å². The second-order valence-electron chi connectivity index (χ2n) is 6.64. The topological polar surface area (TPSA) is 59.3 Å². The molecule has 1 atom stereocenters. The van der Waals surface area contributed by atoms with Gasteiger partial charge in [0.25, 0.3) is 0 Å². The van der Waals surface area contributed by atoms with E-state index in [2.05, 4.69) is 44.0 Å². The average Bonchev–Trinajstić information content (AvgIpc) is 3.12. The number of benzene rings is 3. The molecule has 5 nitrogen and oxygen atoms in total. The molecule has 0 amide bonds. The lowest BCUT2D eigenvalue weighted by atomic mass is 10.1. The molecule has 6 heteroatoms. The summed E-state index contributed by atoms with van der Waals surface area (Å²) in [6, 6.07) is 22.3. The smallest absolute Gasteiger partial charge is 0.145 e. The Bertz CT molecular complexity index is 1170. The molecule has 0 bridgehead atoms. The van der Waals surface area contributed by atoms with Crippen LogP contribution in [0.2, 0.25) is 0 Å². The highest BCUT2D eigenvalue weighted by atomic mass is 79.9. The monoisotopic (exact) mass is 435 g/mol. The van der Waals surface area contributed by atoms with E-state index < -0.39 is 0 Å². The molecule has 1 aromatic heterocycles. The molecular formula is C22H18BrN3O2. The highest BCUT2D eigenvalue weighted by Gasteiger charge is 2.29. The van der Waals surface area contributed by atoms with Crippen LogP contribution in [0.5, 0.6) is 5.75 Å². The van der Waals surface area contributed by atoms with E-state index in [0.29, 0.717) is 0 Å². The first-order chi connectivity index (χ1) is 13.8. The van der Waals surface area contributed by atoms with Gasteiger partial charge in [-0.1, -0.05) is 46.3 Å². The molecule has 4 aromatic rings. The number of ether oxygens (including phenoxy) is 1. The quantitative estimate of drug-likeness (QED) is 0.482. The Morgan fingerprint density at radius 1 is 1.07 bits per heavy atom. The van der Waals surface area contributed by atoms with Crippen molar-refractivity contribution in [2.24, 2.45) is 0 Å². The molecule has 1 unspecified atom stereocenters. The number of rotatable bonds is 4. The van der Waals surface area contributed by atoms with Crippen LogP contribution in [0.15, 0.2) is 71.2 Å². The van der Waals surface area contributed by atoms with Crippen LogP contribution in [0.3, 0.4) is 0 Å². The van der Waals surface area contributed by atoms with Crippen molar-refractivity contribution < 1.29 is 9.84 Å². The molecule has 2 heterocycles. The largest absolute Gasteiger partial charge is 0.491 e. The summed E-state index contributed by atoms with van der Waals surface area (Å²) >= 11 is 3.70. The van der Waals surface area contributed by atoms with Crippen LogP contribution in [0.25, 0.3) is 22.4 Å². The molecule has 1 aliphatic heterocycles. The summed E-state index contributed by atoms with van der Waals surface area (Å²) in [5.41, 5.74) is 5.28. The summed E-state index contributed by atoms with van der Waals surface area (Å²) in [7, 11) is 0. The van der Waals surface area contributed by atoms with Crippen molar-refractivity contribution in [3.63, 3.8) is 0 Å². The standard InChI is InChI=1S/C22H18BrN3O2/c23-17-13-14(28-12-11-27)9-10-15(17)21-24-18-6-2-1-5-16(18)22-25-19-7-3-4-8-20(19)26(21)22/h1-10,13,21,24,27H,11-12H2. The van der Waals surface area contributed by atoms with Crippen LogP contribution in [0, 0.1) is 0 Å². The van der Waals surface area contributed by atoms with Crippen molar-refractivity contribution in [3.8, 4) is 17.1 Å². The van der Waals surface area contributed by atoms with Gasteiger partial charge in [0.1, 0.15) is 24.3 Å². The lowest BCUT2D eigenvalue weighted by molar-refractivity contribution is 0.201. The van der Waals surface area contributed by atoms with Crippen molar-refractivity contribution in [1.29, 1.82) is 0 Å². The number of halogens is 1. The molecule has 0 spiro atoms. The summed E-state index contributed by atoms with van der Waals surface area (Å²) in [6.45, 7) is 0.266. The van der Waals surface area contributed by atoms with E-state index in [1.54, 1.807) is 0 Å². The predicted molar refractivity (Wildman–Crippen MR) is 114 cm³/mol. The number of hydrogen-bond donors (Lipinski definition) is 2. The summed E-state index contributed by atoms with van der Waals surface area (Å²) in [5.74, 6) is 1.67. The number of imidazole rings is 1. The Hall–Kier alpha value is -2.83. The van der Waals surface area contributed by atoms with Gasteiger partial charge in [-0.2, -0.15) is 0 Å². The molecule has 5 rings (SSSR count). The minimum absolute atomic E-state index is 0.00921. The molecule has 28 heavy (non-hydrogen) atoms. The first kappa shape index (κ1) is 17.3. The fourth-order valence-corrected chi connectivity index (χ4v) is 4.29. The Morgan fingerprint density at radius 3 is 2.75 bits per heavy atom. The van der Waals surface area contributed by atoms with Crippen LogP contribution in [0.4, 0.5) is 5.69 Å². The maximum atomic E-state index is 8.98. The van der Waals surface area contributed by atoms with Gasteiger partial charge < -0.3 is 15.2 Å². The number of aliphatic hydroxyl groups is 1. The number of fused-ring (bicyclic) bond motifs is 5. The minimum atomic E-state index is -0.112. The third kappa shape index (κ3) is 2.77. The van der Waals surface area contributed by atoms with E-state index in [9.17, 15) is 0 Å². The molecule has 3 aromatic carbocycles. The summed E-state index contributed by atoms with van der Waals surface area (Å²) in [6.07, 6.45) is -0.112. The average molecular weight is 436 g/mol. The van der Waals surface area contributed by atoms with Gasteiger partial charge in [0.15, 0.2) is 0 Å². The zero-order valence-corrected chi connectivity index (χ0v) is 16.6. The molecule has 2 N–H and O–H groups in total. The first-order valence-corrected chi connectivity index (χ1v) is 9.91. The van der Waals surface area contributed by atoms with Gasteiger partial charge in [-0.15, -0.1) is 0 Å². The van der Waals surface area contributed by atoms with Crippen molar-refractivity contribution in [2.45, 2.75) is 6.17 Å². The predicted octanol–water partition coefficient (Wildman–Crippen LogP) is 4.81. The Morgan fingerprint density at radius 2 is 1.89 bits per heavy atom. The van der Waals surface area contributed by atoms with E-state index in [1.807, 2.05) is 48.5 Å². The van der Waals surface area contributed by atoms with E-state index in [-0.39, 0.29) is 19.4 Å². The van der Waals surface area contributed by atoms with Crippen LogP contribution < -0.4 is 10.1 Å². The maximum Gasteiger partial charge on any atom is 0.145 e. The molecule has 140 valence electrons. The van der Waals surface area contributed by atoms with Crippen LogP contribution >= 0.6 is 15.9 Å². The maximum absolute atomic E-state index is 8.98. The number of hydrogen-bond acceptors (Lipinski definition) is 4. The van der Waals surface area contributed by atoms with Gasteiger partial charge in [0.2, 0.25) is 0 Å². The van der Waals surface area contributed by atoms with Gasteiger partial charge in [0.05, 0.1) is 17.6 Å². The Kier molecular flexibility index (Phi) is 4.30. The molecule has 0 saturated heterocycles. The number of para-hydroxylation sites is 3. The Labute approximate surface area is 170 Å². The first-order valence-electron chi connectivity index (χ1n) is 9.12. The second kappa shape index (κ2) is 6.96. The molecule has 0 aliphatic carbocycles. The fraction of sp³-hybridized carbons (Fsp3) is 0.136. The van der Waals surface area contributed by atoms with E-state index in [1.165, 1.54) is 0 Å². The van der Waals surface area contributed by atoms with Gasteiger partial charge in [-0.05, 0) is 36.4 Å². The van der Waals surface area contributed by atoms with Crippen molar-refractivity contribution in [2.75, 3.05) is 18.5 Å². The zero-order chi connectivity index (χ0) is 19.1.